The lowest BCUT2D eigenvalue weighted by Crippen LogP contribution is -2.40. The molecule has 0 unspecified atom stereocenters. The molecular formula is C17H14N2O3S. The molecule has 0 bridgehead atoms. The van der Waals surface area contributed by atoms with Crippen LogP contribution >= 0.6 is 11.3 Å². The molecule has 0 aliphatic carbocycles. The zero-order valence-corrected chi connectivity index (χ0v) is 13.0. The van der Waals surface area contributed by atoms with Gasteiger partial charge in [-0.1, -0.05) is 12.1 Å². The number of aromatic nitrogens is 1. The van der Waals surface area contributed by atoms with Gasteiger partial charge in [0.05, 0.1) is 22.3 Å². The van der Waals surface area contributed by atoms with Crippen LogP contribution in [0, 0.1) is 0 Å². The molecule has 5 nitrogen and oxygen atoms in total. The minimum absolute atomic E-state index is 0.122. The van der Waals surface area contributed by atoms with Gasteiger partial charge in [-0.25, -0.2) is 4.98 Å². The van der Waals surface area contributed by atoms with E-state index in [2.05, 4.69) is 10.3 Å². The largest absolute Gasteiger partial charge is 0.486 e. The van der Waals surface area contributed by atoms with Crippen LogP contribution in [0.4, 0.5) is 0 Å². The molecule has 0 saturated heterocycles. The third kappa shape index (κ3) is 2.85. The van der Waals surface area contributed by atoms with Crippen molar-refractivity contribution in [3.05, 3.63) is 53.5 Å². The summed E-state index contributed by atoms with van der Waals surface area (Å²) in [5, 5.41) is 2.90. The first-order valence-corrected chi connectivity index (χ1v) is 8.17. The molecule has 4 rings (SSSR count). The van der Waals surface area contributed by atoms with Crippen LogP contribution in [0.5, 0.6) is 11.5 Å². The number of fused-ring (bicyclic) bond motifs is 2. The van der Waals surface area contributed by atoms with Crippen LogP contribution in [0.25, 0.3) is 10.2 Å². The molecule has 1 aliphatic rings. The Balaban J connectivity index is 1.40. The quantitative estimate of drug-likeness (QED) is 0.804. The molecule has 0 saturated carbocycles. The maximum absolute atomic E-state index is 12.3. The Hall–Kier alpha value is -2.60. The van der Waals surface area contributed by atoms with Gasteiger partial charge < -0.3 is 14.8 Å². The van der Waals surface area contributed by atoms with Crippen LogP contribution in [-0.4, -0.2) is 30.1 Å². The highest BCUT2D eigenvalue weighted by Gasteiger charge is 2.21. The SMILES string of the molecule is O=C(NC[C@@H]1COc2ccccc2O1)c1ccc2ncsc2c1. The lowest BCUT2D eigenvalue weighted by molar-refractivity contribution is 0.0789. The molecular weight excluding hydrogens is 312 g/mol. The Bertz CT molecular complexity index is 862. The predicted octanol–water partition coefficient (Wildman–Crippen LogP) is 2.87. The van der Waals surface area contributed by atoms with Crippen molar-refractivity contribution in [1.29, 1.82) is 0 Å². The van der Waals surface area contributed by atoms with Gasteiger partial charge in [0.1, 0.15) is 12.7 Å². The highest BCUT2D eigenvalue weighted by atomic mass is 32.1. The summed E-state index contributed by atoms with van der Waals surface area (Å²) in [5.74, 6) is 1.33. The first-order chi connectivity index (χ1) is 11.3. The fourth-order valence-electron chi connectivity index (χ4n) is 2.47. The summed E-state index contributed by atoms with van der Waals surface area (Å²) in [6, 6.07) is 13.0. The number of ether oxygens (including phenoxy) is 2. The fraction of sp³-hybridized carbons (Fsp3) is 0.176. The molecule has 116 valence electrons. The van der Waals surface area contributed by atoms with Crippen molar-refractivity contribution in [3.63, 3.8) is 0 Å². The van der Waals surface area contributed by atoms with Gasteiger partial charge in [0.2, 0.25) is 0 Å². The highest BCUT2D eigenvalue weighted by molar-refractivity contribution is 7.16. The maximum atomic E-state index is 12.3. The smallest absolute Gasteiger partial charge is 0.251 e. The number of nitrogens with zero attached hydrogens (tertiary/aromatic N) is 1. The molecule has 6 heteroatoms. The normalized spacial score (nSPS) is 16.3. The second-order valence-corrected chi connectivity index (χ2v) is 6.13. The Morgan fingerprint density at radius 3 is 3.04 bits per heavy atom. The number of hydrogen-bond acceptors (Lipinski definition) is 5. The number of thiazole rings is 1. The lowest BCUT2D eigenvalue weighted by atomic mass is 10.2. The van der Waals surface area contributed by atoms with Crippen LogP contribution in [0.3, 0.4) is 0 Å². The van der Waals surface area contributed by atoms with E-state index in [4.69, 9.17) is 9.47 Å². The third-order valence-corrected chi connectivity index (χ3v) is 4.44. The molecule has 0 fully saturated rings. The Morgan fingerprint density at radius 1 is 1.26 bits per heavy atom. The fourth-order valence-corrected chi connectivity index (χ4v) is 3.18. The van der Waals surface area contributed by atoms with Crippen LogP contribution in [0.1, 0.15) is 10.4 Å². The van der Waals surface area contributed by atoms with Crippen LogP contribution in [-0.2, 0) is 0 Å². The number of amides is 1. The number of nitrogens with one attached hydrogen (secondary N) is 1. The van der Waals surface area contributed by atoms with E-state index in [0.717, 1.165) is 16.0 Å². The van der Waals surface area contributed by atoms with Crippen molar-refractivity contribution >= 4 is 27.5 Å². The molecule has 2 aromatic carbocycles. The van der Waals surface area contributed by atoms with Gasteiger partial charge in [-0.2, -0.15) is 0 Å². The van der Waals surface area contributed by atoms with Gasteiger partial charge in [0.25, 0.3) is 5.91 Å². The second-order valence-electron chi connectivity index (χ2n) is 5.24. The monoisotopic (exact) mass is 326 g/mol. The maximum Gasteiger partial charge on any atom is 0.251 e. The molecule has 1 amide bonds. The number of para-hydroxylation sites is 2. The van der Waals surface area contributed by atoms with E-state index >= 15 is 0 Å². The zero-order valence-electron chi connectivity index (χ0n) is 12.2. The number of benzene rings is 2. The van der Waals surface area contributed by atoms with Crippen molar-refractivity contribution in [2.75, 3.05) is 13.2 Å². The number of rotatable bonds is 3. The first-order valence-electron chi connectivity index (χ1n) is 7.29. The van der Waals surface area contributed by atoms with Crippen LogP contribution < -0.4 is 14.8 Å². The van der Waals surface area contributed by atoms with Gasteiger partial charge in [0, 0.05) is 5.56 Å². The summed E-state index contributed by atoms with van der Waals surface area (Å²) >= 11 is 1.52. The topological polar surface area (TPSA) is 60.5 Å². The van der Waals surface area contributed by atoms with Crippen molar-refractivity contribution in [1.82, 2.24) is 10.3 Å². The van der Waals surface area contributed by atoms with Crippen molar-refractivity contribution in [2.45, 2.75) is 6.10 Å². The number of carbonyl (C=O) groups excluding carboxylic acids is 1. The van der Waals surface area contributed by atoms with Crippen LogP contribution in [0.2, 0.25) is 0 Å². The molecule has 2 heterocycles. The molecule has 0 spiro atoms. The Labute approximate surface area is 136 Å². The summed E-state index contributed by atoms with van der Waals surface area (Å²) < 4.78 is 12.5. The van der Waals surface area contributed by atoms with Gasteiger partial charge in [0.15, 0.2) is 11.5 Å². The molecule has 1 aromatic heterocycles. The average molecular weight is 326 g/mol. The second kappa shape index (κ2) is 5.89. The van der Waals surface area contributed by atoms with Gasteiger partial charge in [-0.3, -0.25) is 4.79 Å². The van der Waals surface area contributed by atoms with Gasteiger partial charge >= 0.3 is 0 Å². The van der Waals surface area contributed by atoms with Crippen molar-refractivity contribution in [2.24, 2.45) is 0 Å². The lowest BCUT2D eigenvalue weighted by Gasteiger charge is -2.26. The first kappa shape index (κ1) is 14.0. The molecule has 0 radical (unpaired) electrons. The third-order valence-electron chi connectivity index (χ3n) is 3.65. The van der Waals surface area contributed by atoms with Gasteiger partial charge in [-0.05, 0) is 30.3 Å². The zero-order chi connectivity index (χ0) is 15.6. The number of hydrogen-bond donors (Lipinski definition) is 1. The molecule has 1 N–H and O–H groups in total. The molecule has 3 aromatic rings. The average Bonchev–Trinajstić information content (AvgIpc) is 3.07. The van der Waals surface area contributed by atoms with Crippen LogP contribution in [0.15, 0.2) is 48.0 Å². The minimum Gasteiger partial charge on any atom is -0.486 e. The van der Waals surface area contributed by atoms with Crippen molar-refractivity contribution < 1.29 is 14.3 Å². The van der Waals surface area contributed by atoms with E-state index in [-0.39, 0.29) is 12.0 Å². The van der Waals surface area contributed by atoms with E-state index in [9.17, 15) is 4.79 Å². The molecule has 1 atom stereocenters. The summed E-state index contributed by atoms with van der Waals surface area (Å²) in [7, 11) is 0. The van der Waals surface area contributed by atoms with Gasteiger partial charge in [-0.15, -0.1) is 11.3 Å². The Kier molecular flexibility index (Phi) is 3.59. The minimum atomic E-state index is -0.194. The summed E-state index contributed by atoms with van der Waals surface area (Å²) in [6.07, 6.45) is -0.194. The molecule has 23 heavy (non-hydrogen) atoms. The van der Waals surface area contributed by atoms with E-state index in [1.165, 1.54) is 11.3 Å². The van der Waals surface area contributed by atoms with E-state index in [1.807, 2.05) is 36.4 Å². The summed E-state index contributed by atoms with van der Waals surface area (Å²) in [6.45, 7) is 0.819. The molecule has 1 aliphatic heterocycles. The highest BCUT2D eigenvalue weighted by Crippen LogP contribution is 2.30. The van der Waals surface area contributed by atoms with E-state index in [0.29, 0.717) is 24.5 Å². The number of carbonyl (C=O) groups is 1. The summed E-state index contributed by atoms with van der Waals surface area (Å²) in [5.41, 5.74) is 3.31. The standard InChI is InChI=1S/C17H14N2O3S/c20-17(11-5-6-13-16(7-11)23-10-19-13)18-8-12-9-21-14-3-1-2-4-15(14)22-12/h1-7,10,12H,8-9H2,(H,18,20)/t12-/m1/s1. The van der Waals surface area contributed by atoms with E-state index in [1.54, 1.807) is 11.6 Å². The van der Waals surface area contributed by atoms with E-state index < -0.39 is 0 Å². The van der Waals surface area contributed by atoms with Crippen molar-refractivity contribution in [3.8, 4) is 11.5 Å². The Morgan fingerprint density at radius 2 is 2.13 bits per heavy atom. The summed E-state index contributed by atoms with van der Waals surface area (Å²) in [4.78, 5) is 16.5. The predicted molar refractivity (Wildman–Crippen MR) is 88.3 cm³/mol.